The number of rotatable bonds is 5. The third-order valence-corrected chi connectivity index (χ3v) is 11.2. The number of allylic oxidation sites excluding steroid dienone is 4. The smallest absolute Gasteiger partial charge is 0.124 e. The number of para-hydroxylation sites is 2. The van der Waals surface area contributed by atoms with Crippen LogP contribution in [0.15, 0.2) is 127 Å². The molecule has 45 heavy (non-hydrogen) atoms. The van der Waals surface area contributed by atoms with E-state index in [9.17, 15) is 0 Å². The van der Waals surface area contributed by atoms with Gasteiger partial charge in [0, 0.05) is 42.8 Å². The summed E-state index contributed by atoms with van der Waals surface area (Å²) < 4.78 is 3.97. The second-order valence-corrected chi connectivity index (χ2v) is 14.4. The van der Waals surface area contributed by atoms with Crippen molar-refractivity contribution in [3.05, 3.63) is 143 Å². The van der Waals surface area contributed by atoms with E-state index in [0.717, 1.165) is 22.5 Å². The van der Waals surface area contributed by atoms with E-state index in [1.54, 1.807) is 11.3 Å². The Labute approximate surface area is 272 Å². The first-order valence-electron chi connectivity index (χ1n) is 15.6. The van der Waals surface area contributed by atoms with E-state index in [2.05, 4.69) is 148 Å². The number of nitrogens with zero attached hydrogens (tertiary/aromatic N) is 2. The summed E-state index contributed by atoms with van der Waals surface area (Å²) in [6, 6.07) is 39.8. The molecule has 7 aromatic rings. The molecule has 0 radical (unpaired) electrons. The number of thiazole rings is 1. The molecule has 1 aliphatic carbocycles. The Morgan fingerprint density at radius 2 is 1.42 bits per heavy atom. The fourth-order valence-corrected chi connectivity index (χ4v) is 9.16. The average Bonchev–Trinajstić information content (AvgIpc) is 3.63. The van der Waals surface area contributed by atoms with Gasteiger partial charge < -0.3 is 4.90 Å². The normalized spacial score (nSPS) is 15.3. The van der Waals surface area contributed by atoms with Crippen molar-refractivity contribution in [3.8, 4) is 10.6 Å². The Kier molecular flexibility index (Phi) is 6.93. The second-order valence-electron chi connectivity index (χ2n) is 12.3. The lowest BCUT2D eigenvalue weighted by Crippen LogP contribution is -2.21. The quantitative estimate of drug-likeness (QED) is 0.191. The fraction of sp³-hybridized carbons (Fsp3) is 0.146. The highest BCUT2D eigenvalue weighted by Gasteiger charge is 2.26. The lowest BCUT2D eigenvalue weighted by atomic mass is 9.81. The van der Waals surface area contributed by atoms with Gasteiger partial charge in [-0.1, -0.05) is 49.4 Å². The number of hydrogen-bond donors (Lipinski definition) is 0. The number of hydrogen-bond acceptors (Lipinski definition) is 4. The Hall–Kier alpha value is -4.51. The number of aromatic nitrogens is 1. The first-order valence-corrected chi connectivity index (χ1v) is 17.2. The van der Waals surface area contributed by atoms with Crippen molar-refractivity contribution in [2.45, 2.75) is 34.1 Å². The summed E-state index contributed by atoms with van der Waals surface area (Å²) in [6.07, 6.45) is 3.38. The van der Waals surface area contributed by atoms with Crippen molar-refractivity contribution in [3.63, 3.8) is 0 Å². The molecule has 0 saturated carbocycles. The molecular formula is C41H34N2S2. The van der Waals surface area contributed by atoms with Gasteiger partial charge in [0.15, 0.2) is 0 Å². The van der Waals surface area contributed by atoms with Crippen molar-refractivity contribution in [1.82, 2.24) is 4.98 Å². The summed E-state index contributed by atoms with van der Waals surface area (Å²) in [5, 5.41) is 3.80. The van der Waals surface area contributed by atoms with E-state index in [4.69, 9.17) is 4.98 Å². The summed E-state index contributed by atoms with van der Waals surface area (Å²) in [4.78, 5) is 7.33. The topological polar surface area (TPSA) is 16.1 Å². The minimum Gasteiger partial charge on any atom is -0.314 e. The maximum atomic E-state index is 4.89. The van der Waals surface area contributed by atoms with Gasteiger partial charge in [0.05, 0.1) is 10.2 Å². The Morgan fingerprint density at radius 3 is 2.20 bits per heavy atom. The molecule has 0 N–H and O–H groups in total. The molecule has 4 heteroatoms. The van der Waals surface area contributed by atoms with Gasteiger partial charge in [-0.25, -0.2) is 4.98 Å². The summed E-state index contributed by atoms with van der Waals surface area (Å²) in [5.41, 5.74) is 12.7. The van der Waals surface area contributed by atoms with Crippen LogP contribution in [0.1, 0.15) is 37.0 Å². The number of fused-ring (bicyclic) bond motifs is 4. The molecule has 220 valence electrons. The van der Waals surface area contributed by atoms with Gasteiger partial charge in [0.2, 0.25) is 0 Å². The maximum absolute atomic E-state index is 4.89. The van der Waals surface area contributed by atoms with Gasteiger partial charge in [-0.2, -0.15) is 0 Å². The molecule has 0 aliphatic heterocycles. The summed E-state index contributed by atoms with van der Waals surface area (Å²) in [5.74, 6) is 0.381. The molecule has 8 rings (SSSR count). The molecule has 5 aromatic carbocycles. The van der Waals surface area contributed by atoms with Gasteiger partial charge in [-0.3, -0.25) is 0 Å². The molecule has 1 aliphatic rings. The van der Waals surface area contributed by atoms with Crippen LogP contribution in [0.25, 0.3) is 46.5 Å². The van der Waals surface area contributed by atoms with E-state index in [-0.39, 0.29) is 0 Å². The van der Waals surface area contributed by atoms with E-state index in [0.29, 0.717) is 5.92 Å². The molecule has 0 fully saturated rings. The Morgan fingerprint density at radius 1 is 0.689 bits per heavy atom. The summed E-state index contributed by atoms with van der Waals surface area (Å²) >= 11 is 3.67. The van der Waals surface area contributed by atoms with Crippen LogP contribution in [-0.2, 0) is 0 Å². The number of aryl methyl sites for hydroxylation is 2. The lowest BCUT2D eigenvalue weighted by Gasteiger charge is -2.34. The lowest BCUT2D eigenvalue weighted by molar-refractivity contribution is 0.709. The van der Waals surface area contributed by atoms with Gasteiger partial charge in [0.25, 0.3) is 0 Å². The number of anilines is 2. The first kappa shape index (κ1) is 28.0. The second kappa shape index (κ2) is 11.1. The molecule has 0 spiro atoms. The van der Waals surface area contributed by atoms with E-state index in [1.165, 1.54) is 69.8 Å². The van der Waals surface area contributed by atoms with Crippen molar-refractivity contribution < 1.29 is 0 Å². The molecule has 1 unspecified atom stereocenters. The molecule has 1 atom stereocenters. The Balaban J connectivity index is 1.20. The van der Waals surface area contributed by atoms with E-state index < -0.39 is 0 Å². The molecule has 2 heterocycles. The third-order valence-electron chi connectivity index (χ3n) is 9.05. The summed E-state index contributed by atoms with van der Waals surface area (Å²) in [6.45, 7) is 9.14. The van der Waals surface area contributed by atoms with Crippen LogP contribution in [0.2, 0.25) is 0 Å². The monoisotopic (exact) mass is 618 g/mol. The molecule has 2 aromatic heterocycles. The first-order chi connectivity index (χ1) is 21.9. The minimum absolute atomic E-state index is 0.381. The predicted molar refractivity (Wildman–Crippen MR) is 197 cm³/mol. The maximum Gasteiger partial charge on any atom is 0.124 e. The highest BCUT2D eigenvalue weighted by molar-refractivity contribution is 7.25. The summed E-state index contributed by atoms with van der Waals surface area (Å²) in [7, 11) is 0. The molecule has 0 saturated heterocycles. The molecule has 0 amide bonds. The van der Waals surface area contributed by atoms with Gasteiger partial charge in [0.1, 0.15) is 5.01 Å². The van der Waals surface area contributed by atoms with Crippen LogP contribution in [0.5, 0.6) is 0 Å². The van der Waals surface area contributed by atoms with Crippen LogP contribution in [0, 0.1) is 19.8 Å². The highest BCUT2D eigenvalue weighted by atomic mass is 32.1. The minimum atomic E-state index is 0.381. The zero-order valence-electron chi connectivity index (χ0n) is 26.0. The van der Waals surface area contributed by atoms with Crippen molar-refractivity contribution >= 4 is 70.0 Å². The molecule has 2 nitrogen and oxygen atoms in total. The van der Waals surface area contributed by atoms with Crippen LogP contribution >= 0.6 is 22.7 Å². The average molecular weight is 619 g/mol. The number of benzene rings is 5. The van der Waals surface area contributed by atoms with Crippen LogP contribution in [0.4, 0.5) is 11.4 Å². The van der Waals surface area contributed by atoms with Crippen molar-refractivity contribution in [1.29, 1.82) is 0 Å². The van der Waals surface area contributed by atoms with Crippen LogP contribution < -0.4 is 4.90 Å². The zero-order valence-corrected chi connectivity index (χ0v) is 27.6. The van der Waals surface area contributed by atoms with Crippen LogP contribution in [-0.4, -0.2) is 4.98 Å². The Bertz CT molecular complexity index is 2250. The van der Waals surface area contributed by atoms with E-state index >= 15 is 0 Å². The highest BCUT2D eigenvalue weighted by Crippen LogP contribution is 2.45. The third kappa shape index (κ3) is 4.99. The molecule has 0 bridgehead atoms. The standard InChI is InChI=1S/C41H34N2S2/c1-25-14-19-33-35-23-26(2)34(24-39(35)44-38(33)20-25)40-27(3)21-32(22-28(40)4)43(30-10-6-5-7-11-30)31-17-15-29(16-18-31)41-42-36-12-8-9-13-37(36)45-41/h5-21,23-24,28H,22H2,1-4H3. The van der Waals surface area contributed by atoms with Gasteiger partial charge in [-0.15, -0.1) is 22.7 Å². The van der Waals surface area contributed by atoms with E-state index in [1.807, 2.05) is 11.3 Å². The predicted octanol–water partition coefficient (Wildman–Crippen LogP) is 12.5. The molecular weight excluding hydrogens is 585 g/mol. The largest absolute Gasteiger partial charge is 0.314 e. The van der Waals surface area contributed by atoms with Crippen molar-refractivity contribution in [2.75, 3.05) is 4.90 Å². The fourth-order valence-electron chi connectivity index (χ4n) is 6.96. The van der Waals surface area contributed by atoms with Gasteiger partial charge >= 0.3 is 0 Å². The SMILES string of the molecule is CC1=C(c2cc3sc4cc(C)ccc4c3cc2C)C(C)CC(N(c2ccccc2)c2ccc(-c3nc4ccccc4s3)cc2)=C1. The zero-order chi connectivity index (χ0) is 30.7. The van der Waals surface area contributed by atoms with Gasteiger partial charge in [-0.05, 0) is 134 Å². The van der Waals surface area contributed by atoms with Crippen molar-refractivity contribution in [2.24, 2.45) is 5.92 Å². The number of thiophene rings is 1. The van der Waals surface area contributed by atoms with Crippen LogP contribution in [0.3, 0.4) is 0 Å².